The number of ether oxygens (including phenoxy) is 1. The molecule has 2 heterocycles. The van der Waals surface area contributed by atoms with E-state index in [1.165, 1.54) is 29.5 Å². The van der Waals surface area contributed by atoms with Crippen LogP contribution in [0.2, 0.25) is 0 Å². The molecule has 1 N–H and O–H groups in total. The smallest absolute Gasteiger partial charge is 0.331 e. The number of H-pyrrole nitrogens is 1. The zero-order valence-corrected chi connectivity index (χ0v) is 16.2. The fourth-order valence-corrected chi connectivity index (χ4v) is 3.72. The van der Waals surface area contributed by atoms with E-state index in [-0.39, 0.29) is 22.6 Å². The van der Waals surface area contributed by atoms with Crippen LogP contribution in [0.25, 0.3) is 16.3 Å². The van der Waals surface area contributed by atoms with Crippen molar-refractivity contribution >= 4 is 39.3 Å². The second-order valence-corrected chi connectivity index (χ2v) is 7.35. The molecule has 3 rings (SSSR count). The van der Waals surface area contributed by atoms with Crippen LogP contribution in [0.15, 0.2) is 35.1 Å². The standard InChI is InChI=1S/C19H17N3O5S/c1-10-12(3)28-19-16(10)18(24)20-17(21-19)11(2)27-15(23)9-8-13-6-4-5-7-14(13)22(25)26/h4-9,11H,1-3H3,(H,20,21,24)/b9-8+/t11-/m1/s1. The molecule has 0 amide bonds. The van der Waals surface area contributed by atoms with Gasteiger partial charge in [0, 0.05) is 17.0 Å². The lowest BCUT2D eigenvalue weighted by Gasteiger charge is -2.11. The van der Waals surface area contributed by atoms with Crippen molar-refractivity contribution in [3.8, 4) is 0 Å². The number of nitro groups is 1. The molecule has 0 radical (unpaired) electrons. The number of nitro benzene ring substituents is 1. The number of para-hydroxylation sites is 1. The van der Waals surface area contributed by atoms with Gasteiger partial charge in [0.05, 0.1) is 15.9 Å². The van der Waals surface area contributed by atoms with Crippen LogP contribution in [0, 0.1) is 24.0 Å². The Morgan fingerprint density at radius 2 is 2.07 bits per heavy atom. The molecular weight excluding hydrogens is 382 g/mol. The summed E-state index contributed by atoms with van der Waals surface area (Å²) in [5.41, 5.74) is 0.784. The SMILES string of the molecule is Cc1sc2nc([C@@H](C)OC(=O)/C=C/c3ccccc3[N+](=O)[O-])[nH]c(=O)c2c1C. The highest BCUT2D eigenvalue weighted by molar-refractivity contribution is 7.18. The van der Waals surface area contributed by atoms with Crippen LogP contribution in [0.4, 0.5) is 5.69 Å². The van der Waals surface area contributed by atoms with E-state index in [0.717, 1.165) is 16.5 Å². The Morgan fingerprint density at radius 1 is 1.36 bits per heavy atom. The average Bonchev–Trinajstić information content (AvgIpc) is 2.94. The van der Waals surface area contributed by atoms with Crippen molar-refractivity contribution in [1.82, 2.24) is 9.97 Å². The number of benzene rings is 1. The molecule has 0 spiro atoms. The van der Waals surface area contributed by atoms with E-state index < -0.39 is 17.0 Å². The van der Waals surface area contributed by atoms with Crippen LogP contribution in [-0.4, -0.2) is 20.9 Å². The van der Waals surface area contributed by atoms with Crippen LogP contribution in [0.3, 0.4) is 0 Å². The predicted molar refractivity (Wildman–Crippen MR) is 106 cm³/mol. The van der Waals surface area contributed by atoms with Crippen molar-refractivity contribution in [1.29, 1.82) is 0 Å². The molecule has 0 aliphatic rings. The molecule has 8 nitrogen and oxygen atoms in total. The largest absolute Gasteiger partial charge is 0.451 e. The first-order valence-corrected chi connectivity index (χ1v) is 9.21. The van der Waals surface area contributed by atoms with E-state index in [0.29, 0.717) is 10.2 Å². The van der Waals surface area contributed by atoms with Gasteiger partial charge < -0.3 is 9.72 Å². The van der Waals surface area contributed by atoms with E-state index >= 15 is 0 Å². The summed E-state index contributed by atoms with van der Waals surface area (Å²) >= 11 is 1.41. The first-order chi connectivity index (χ1) is 13.3. The second kappa shape index (κ2) is 7.73. The maximum Gasteiger partial charge on any atom is 0.331 e. The van der Waals surface area contributed by atoms with Crippen molar-refractivity contribution in [2.75, 3.05) is 0 Å². The topological polar surface area (TPSA) is 115 Å². The summed E-state index contributed by atoms with van der Waals surface area (Å²) in [6.07, 6.45) is 1.63. The number of carbonyl (C=O) groups is 1. The van der Waals surface area contributed by atoms with Gasteiger partial charge in [0.1, 0.15) is 4.83 Å². The monoisotopic (exact) mass is 399 g/mol. The molecule has 1 atom stereocenters. The third-order valence-electron chi connectivity index (χ3n) is 4.27. The van der Waals surface area contributed by atoms with Gasteiger partial charge >= 0.3 is 5.97 Å². The summed E-state index contributed by atoms with van der Waals surface area (Å²) in [5.74, 6) is -0.460. The van der Waals surface area contributed by atoms with Crippen molar-refractivity contribution < 1.29 is 14.5 Å². The number of aromatic nitrogens is 2. The molecule has 2 aromatic heterocycles. The Hall–Kier alpha value is -3.33. The van der Waals surface area contributed by atoms with E-state index in [9.17, 15) is 19.7 Å². The van der Waals surface area contributed by atoms with Crippen molar-refractivity contribution in [3.05, 3.63) is 72.6 Å². The quantitative estimate of drug-likeness (QED) is 0.302. The number of rotatable bonds is 5. The summed E-state index contributed by atoms with van der Waals surface area (Å²) in [6, 6.07) is 6.06. The van der Waals surface area contributed by atoms with Crippen molar-refractivity contribution in [3.63, 3.8) is 0 Å². The van der Waals surface area contributed by atoms with E-state index in [1.54, 1.807) is 19.1 Å². The zero-order chi connectivity index (χ0) is 20.4. The lowest BCUT2D eigenvalue weighted by molar-refractivity contribution is -0.385. The van der Waals surface area contributed by atoms with Crippen LogP contribution < -0.4 is 5.56 Å². The van der Waals surface area contributed by atoms with Crippen LogP contribution in [-0.2, 0) is 9.53 Å². The fourth-order valence-electron chi connectivity index (χ4n) is 2.69. The van der Waals surface area contributed by atoms with Gasteiger partial charge in [-0.25, -0.2) is 9.78 Å². The van der Waals surface area contributed by atoms with Gasteiger partial charge in [-0.1, -0.05) is 12.1 Å². The van der Waals surface area contributed by atoms with Crippen molar-refractivity contribution in [2.24, 2.45) is 0 Å². The first-order valence-electron chi connectivity index (χ1n) is 8.40. The molecular formula is C19H17N3O5S. The van der Waals surface area contributed by atoms with Gasteiger partial charge in [0.15, 0.2) is 11.9 Å². The number of hydrogen-bond acceptors (Lipinski definition) is 7. The molecule has 28 heavy (non-hydrogen) atoms. The molecule has 0 bridgehead atoms. The van der Waals surface area contributed by atoms with E-state index in [1.807, 2.05) is 13.8 Å². The molecule has 0 aliphatic heterocycles. The van der Waals surface area contributed by atoms with Gasteiger partial charge in [-0.15, -0.1) is 11.3 Å². The Labute approximate surface area is 163 Å². The highest BCUT2D eigenvalue weighted by atomic mass is 32.1. The summed E-state index contributed by atoms with van der Waals surface area (Å²) in [5, 5.41) is 11.6. The van der Waals surface area contributed by atoms with Gasteiger partial charge in [0.2, 0.25) is 0 Å². The average molecular weight is 399 g/mol. The number of esters is 1. The molecule has 0 aliphatic carbocycles. The van der Waals surface area contributed by atoms with Gasteiger partial charge in [-0.3, -0.25) is 14.9 Å². The molecule has 3 aromatic rings. The zero-order valence-electron chi connectivity index (χ0n) is 15.4. The minimum atomic E-state index is -0.789. The Morgan fingerprint density at radius 3 is 2.79 bits per heavy atom. The highest BCUT2D eigenvalue weighted by Crippen LogP contribution is 2.27. The van der Waals surface area contributed by atoms with Gasteiger partial charge in [-0.05, 0) is 38.5 Å². The summed E-state index contributed by atoms with van der Waals surface area (Å²) in [4.78, 5) is 43.6. The number of aryl methyl sites for hydroxylation is 2. The maximum absolute atomic E-state index is 12.3. The maximum atomic E-state index is 12.3. The number of hydrogen-bond donors (Lipinski definition) is 1. The van der Waals surface area contributed by atoms with E-state index in [4.69, 9.17) is 4.74 Å². The number of carbonyl (C=O) groups excluding carboxylic acids is 1. The summed E-state index contributed by atoms with van der Waals surface area (Å²) < 4.78 is 5.28. The van der Waals surface area contributed by atoms with Crippen LogP contribution >= 0.6 is 11.3 Å². The number of thiophene rings is 1. The van der Waals surface area contributed by atoms with Crippen LogP contribution in [0.5, 0.6) is 0 Å². The van der Waals surface area contributed by atoms with E-state index in [2.05, 4.69) is 9.97 Å². The Bertz CT molecular complexity index is 1160. The fraction of sp³-hybridized carbons (Fsp3) is 0.211. The lowest BCUT2D eigenvalue weighted by Crippen LogP contribution is -2.16. The lowest BCUT2D eigenvalue weighted by atomic mass is 10.1. The third kappa shape index (κ3) is 3.84. The minimum absolute atomic E-state index is 0.112. The first kappa shape index (κ1) is 19.4. The molecule has 0 fully saturated rings. The van der Waals surface area contributed by atoms with Crippen molar-refractivity contribution in [2.45, 2.75) is 26.9 Å². The number of nitrogens with one attached hydrogen (secondary N) is 1. The number of aromatic amines is 1. The predicted octanol–water partition coefficient (Wildman–Crippen LogP) is 3.83. The Kier molecular flexibility index (Phi) is 5.36. The third-order valence-corrected chi connectivity index (χ3v) is 5.37. The molecule has 0 saturated heterocycles. The molecule has 0 saturated carbocycles. The van der Waals surface area contributed by atoms with Crippen LogP contribution in [0.1, 0.15) is 34.9 Å². The molecule has 9 heteroatoms. The molecule has 0 unspecified atom stereocenters. The Balaban J connectivity index is 1.79. The number of nitrogens with zero attached hydrogens (tertiary/aromatic N) is 2. The summed E-state index contributed by atoms with van der Waals surface area (Å²) in [7, 11) is 0. The van der Waals surface area contributed by atoms with Gasteiger partial charge in [-0.2, -0.15) is 0 Å². The second-order valence-electron chi connectivity index (χ2n) is 6.14. The van der Waals surface area contributed by atoms with Gasteiger partial charge in [0.25, 0.3) is 11.2 Å². The summed E-state index contributed by atoms with van der Waals surface area (Å²) in [6.45, 7) is 5.37. The minimum Gasteiger partial charge on any atom is -0.451 e. The normalized spacial score (nSPS) is 12.4. The molecule has 144 valence electrons. The number of fused-ring (bicyclic) bond motifs is 1. The molecule has 1 aromatic carbocycles. The highest BCUT2D eigenvalue weighted by Gasteiger charge is 2.17.